The molecule has 0 aliphatic carbocycles. The molecule has 1 aromatic heterocycles. The summed E-state index contributed by atoms with van der Waals surface area (Å²) in [6, 6.07) is 12.4. The molecule has 6 heteroatoms. The second-order valence-corrected chi connectivity index (χ2v) is 9.34. The maximum absolute atomic E-state index is 13.5. The molecule has 3 heterocycles. The van der Waals surface area contributed by atoms with Gasteiger partial charge in [-0.3, -0.25) is 9.59 Å². The van der Waals surface area contributed by atoms with Crippen LogP contribution >= 0.6 is 11.3 Å². The minimum atomic E-state index is -0.340. The third-order valence-electron chi connectivity index (χ3n) is 6.32. The van der Waals surface area contributed by atoms with Gasteiger partial charge in [-0.25, -0.2) is 0 Å². The summed E-state index contributed by atoms with van der Waals surface area (Å²) < 4.78 is 5.27. The van der Waals surface area contributed by atoms with E-state index in [1.54, 1.807) is 18.4 Å². The summed E-state index contributed by atoms with van der Waals surface area (Å²) in [5, 5.41) is 2.12. The van der Waals surface area contributed by atoms with Crippen LogP contribution < -0.4 is 0 Å². The van der Waals surface area contributed by atoms with E-state index in [4.69, 9.17) is 4.74 Å². The largest absolute Gasteiger partial charge is 0.383 e. The lowest BCUT2D eigenvalue weighted by Gasteiger charge is -2.38. The van der Waals surface area contributed by atoms with Crippen molar-refractivity contribution in [1.29, 1.82) is 0 Å². The molecule has 2 unspecified atom stereocenters. The van der Waals surface area contributed by atoms with Crippen molar-refractivity contribution in [3.8, 4) is 0 Å². The van der Waals surface area contributed by atoms with E-state index in [0.29, 0.717) is 13.2 Å². The van der Waals surface area contributed by atoms with Gasteiger partial charge in [0, 0.05) is 37.4 Å². The van der Waals surface area contributed by atoms with Crippen LogP contribution in [0.25, 0.3) is 0 Å². The van der Waals surface area contributed by atoms with Crippen molar-refractivity contribution in [2.45, 2.75) is 44.7 Å². The smallest absolute Gasteiger partial charge is 0.226 e. The van der Waals surface area contributed by atoms with Gasteiger partial charge in [-0.2, -0.15) is 0 Å². The maximum atomic E-state index is 13.5. The van der Waals surface area contributed by atoms with Crippen LogP contribution in [0, 0.1) is 5.92 Å². The van der Waals surface area contributed by atoms with Crippen LogP contribution in [0.1, 0.15) is 48.2 Å². The predicted octanol–water partition coefficient (Wildman–Crippen LogP) is 3.89. The average molecular weight is 427 g/mol. The zero-order chi connectivity index (χ0) is 21.1. The van der Waals surface area contributed by atoms with Crippen LogP contribution in [0.3, 0.4) is 0 Å². The lowest BCUT2D eigenvalue weighted by atomic mass is 9.91. The van der Waals surface area contributed by atoms with E-state index in [-0.39, 0.29) is 36.2 Å². The summed E-state index contributed by atoms with van der Waals surface area (Å²) in [5.41, 5.74) is 2.35. The summed E-state index contributed by atoms with van der Waals surface area (Å²) >= 11 is 1.77. The number of amides is 2. The molecule has 0 saturated carbocycles. The van der Waals surface area contributed by atoms with Crippen LogP contribution in [0.2, 0.25) is 0 Å². The second-order valence-electron chi connectivity index (χ2n) is 8.34. The third kappa shape index (κ3) is 4.16. The number of likely N-dealkylation sites (tertiary alicyclic amines) is 1. The highest BCUT2D eigenvalue weighted by Crippen LogP contribution is 2.38. The summed E-state index contributed by atoms with van der Waals surface area (Å²) in [5.74, 6) is -0.205. The van der Waals surface area contributed by atoms with Crippen LogP contribution in [0.15, 0.2) is 41.8 Å². The van der Waals surface area contributed by atoms with Crippen molar-refractivity contribution in [1.82, 2.24) is 9.80 Å². The second kappa shape index (κ2) is 9.31. The highest BCUT2D eigenvalue weighted by molar-refractivity contribution is 7.10. The molecule has 0 N–H and O–H groups in total. The fourth-order valence-corrected chi connectivity index (χ4v) is 5.73. The molecule has 160 valence electrons. The molecule has 3 atom stereocenters. The molecule has 1 aromatic carbocycles. The monoisotopic (exact) mass is 426 g/mol. The maximum Gasteiger partial charge on any atom is 0.226 e. The Labute approximate surface area is 182 Å². The summed E-state index contributed by atoms with van der Waals surface area (Å²) in [6.07, 6.45) is 3.12. The Morgan fingerprint density at radius 2 is 1.97 bits per heavy atom. The van der Waals surface area contributed by atoms with Crippen molar-refractivity contribution < 1.29 is 14.3 Å². The van der Waals surface area contributed by atoms with Gasteiger partial charge in [0.15, 0.2) is 0 Å². The Morgan fingerprint density at radius 1 is 1.17 bits per heavy atom. The van der Waals surface area contributed by atoms with Crippen LogP contribution in [0.4, 0.5) is 0 Å². The number of fused-ring (bicyclic) bond motifs is 1. The van der Waals surface area contributed by atoms with E-state index in [2.05, 4.69) is 23.6 Å². The first kappa shape index (κ1) is 21.1. The molecule has 5 nitrogen and oxygen atoms in total. The topological polar surface area (TPSA) is 49.9 Å². The predicted molar refractivity (Wildman–Crippen MR) is 118 cm³/mol. The van der Waals surface area contributed by atoms with Crippen molar-refractivity contribution in [2.24, 2.45) is 5.92 Å². The molecule has 1 fully saturated rings. The molecule has 2 aliphatic rings. The van der Waals surface area contributed by atoms with E-state index in [1.807, 2.05) is 34.9 Å². The van der Waals surface area contributed by atoms with E-state index in [0.717, 1.165) is 31.4 Å². The molecule has 4 rings (SSSR count). The molecule has 2 aromatic rings. The summed E-state index contributed by atoms with van der Waals surface area (Å²) in [7, 11) is 1.67. The highest BCUT2D eigenvalue weighted by atomic mass is 32.1. The molecule has 1 saturated heterocycles. The number of nitrogens with zero attached hydrogens (tertiary/aromatic N) is 2. The number of carbonyl (C=O) groups excluding carboxylic acids is 2. The van der Waals surface area contributed by atoms with Gasteiger partial charge in [0.1, 0.15) is 0 Å². The van der Waals surface area contributed by atoms with E-state index in [1.165, 1.54) is 10.4 Å². The number of hydrogen-bond donors (Lipinski definition) is 0. The standard InChI is InChI=1S/C24H30N2O3S/c1-17(15-22(27)25-12-6-9-19(25)16-29-2)24(28)26-13-10-21-20(11-14-30-21)23(26)18-7-4-3-5-8-18/h3-5,7-8,11,14,17,19,23H,6,9-10,12-13,15-16H2,1-2H3/t17?,19-,23?/m0/s1. The Balaban J connectivity index is 1.51. The van der Waals surface area contributed by atoms with Gasteiger partial charge >= 0.3 is 0 Å². The van der Waals surface area contributed by atoms with Crippen LogP contribution in [-0.4, -0.2) is 54.5 Å². The van der Waals surface area contributed by atoms with E-state index < -0.39 is 0 Å². The van der Waals surface area contributed by atoms with Crippen molar-refractivity contribution in [3.05, 3.63) is 57.8 Å². The van der Waals surface area contributed by atoms with Gasteiger partial charge in [-0.1, -0.05) is 37.3 Å². The van der Waals surface area contributed by atoms with Gasteiger partial charge < -0.3 is 14.5 Å². The van der Waals surface area contributed by atoms with Gasteiger partial charge in [0.25, 0.3) is 0 Å². The minimum Gasteiger partial charge on any atom is -0.383 e. The molecule has 2 amide bonds. The van der Waals surface area contributed by atoms with Gasteiger partial charge in [-0.15, -0.1) is 11.3 Å². The first-order valence-corrected chi connectivity index (χ1v) is 11.7. The fraction of sp³-hybridized carbons (Fsp3) is 0.500. The molecular weight excluding hydrogens is 396 g/mol. The first-order chi connectivity index (χ1) is 14.6. The average Bonchev–Trinajstić information content (AvgIpc) is 3.42. The van der Waals surface area contributed by atoms with E-state index in [9.17, 15) is 9.59 Å². The Kier molecular flexibility index (Phi) is 6.54. The molecule has 2 aliphatic heterocycles. The molecule has 0 radical (unpaired) electrons. The third-order valence-corrected chi connectivity index (χ3v) is 7.32. The molecular formula is C24H30N2O3S. The van der Waals surface area contributed by atoms with Gasteiger partial charge in [0.05, 0.1) is 18.7 Å². The van der Waals surface area contributed by atoms with Crippen molar-refractivity contribution >= 4 is 23.2 Å². The number of ether oxygens (including phenoxy) is 1. The SMILES string of the molecule is COC[C@@H]1CCCN1C(=O)CC(C)C(=O)N1CCc2sccc2C1c1ccccc1. The lowest BCUT2D eigenvalue weighted by Crippen LogP contribution is -2.44. The summed E-state index contributed by atoms with van der Waals surface area (Å²) in [4.78, 5) is 31.7. The number of methoxy groups -OCH3 is 1. The number of benzene rings is 1. The molecule has 0 spiro atoms. The Hall–Kier alpha value is -2.18. The Bertz CT molecular complexity index is 882. The highest BCUT2D eigenvalue weighted by Gasteiger charge is 2.36. The number of hydrogen-bond acceptors (Lipinski definition) is 4. The lowest BCUT2D eigenvalue weighted by molar-refractivity contribution is -0.142. The van der Waals surface area contributed by atoms with E-state index >= 15 is 0 Å². The number of carbonyl (C=O) groups is 2. The Morgan fingerprint density at radius 3 is 2.73 bits per heavy atom. The zero-order valence-corrected chi connectivity index (χ0v) is 18.6. The number of thiophene rings is 1. The van der Waals surface area contributed by atoms with Crippen LogP contribution in [-0.2, 0) is 20.7 Å². The minimum absolute atomic E-state index is 0.0662. The van der Waals surface area contributed by atoms with Gasteiger partial charge in [0.2, 0.25) is 11.8 Å². The fourth-order valence-electron chi connectivity index (χ4n) is 4.83. The first-order valence-electron chi connectivity index (χ1n) is 10.8. The molecule has 0 bridgehead atoms. The normalized spacial score (nSPS) is 22.1. The quantitative estimate of drug-likeness (QED) is 0.704. The number of rotatable bonds is 6. The summed E-state index contributed by atoms with van der Waals surface area (Å²) in [6.45, 7) is 3.92. The van der Waals surface area contributed by atoms with Crippen molar-refractivity contribution in [2.75, 3.05) is 26.8 Å². The van der Waals surface area contributed by atoms with Gasteiger partial charge in [-0.05, 0) is 41.8 Å². The zero-order valence-electron chi connectivity index (χ0n) is 17.8. The van der Waals surface area contributed by atoms with Crippen molar-refractivity contribution in [3.63, 3.8) is 0 Å². The van der Waals surface area contributed by atoms with Crippen LogP contribution in [0.5, 0.6) is 0 Å². The molecule has 30 heavy (non-hydrogen) atoms.